The summed E-state index contributed by atoms with van der Waals surface area (Å²) in [6.45, 7) is 0. The van der Waals surface area contributed by atoms with Gasteiger partial charge in [0.1, 0.15) is 0 Å². The van der Waals surface area contributed by atoms with Gasteiger partial charge in [0, 0.05) is 5.56 Å². The molecule has 0 aliphatic rings. The number of hydrogen-bond donors (Lipinski definition) is 0. The fourth-order valence-electron chi connectivity index (χ4n) is 1.46. The Morgan fingerprint density at radius 3 is 1.89 bits per heavy atom. The molecule has 0 radical (unpaired) electrons. The average Bonchev–Trinajstić information content (AvgIpc) is 2.46. The Labute approximate surface area is 105 Å². The molecule has 3 nitrogen and oxygen atoms in total. The van der Waals surface area contributed by atoms with E-state index in [1.807, 2.05) is 18.0 Å². The number of carbonyl (C=O) groups is 1. The van der Waals surface area contributed by atoms with Crippen molar-refractivity contribution in [2.75, 3.05) is 0 Å². The van der Waals surface area contributed by atoms with Gasteiger partial charge in [0.05, 0.1) is 5.56 Å². The Balaban J connectivity index is 2.19. The molecular formula is C15H10NO2-. The van der Waals surface area contributed by atoms with Crippen molar-refractivity contribution in [3.8, 4) is 0 Å². The van der Waals surface area contributed by atoms with Gasteiger partial charge in [0.15, 0.2) is 5.76 Å². The lowest BCUT2D eigenvalue weighted by molar-refractivity contribution is 0.0695. The van der Waals surface area contributed by atoms with Crippen LogP contribution in [-0.4, -0.2) is 11.8 Å². The van der Waals surface area contributed by atoms with Gasteiger partial charge in [-0.3, -0.25) is 0 Å². The predicted molar refractivity (Wildman–Crippen MR) is 70.1 cm³/mol. The highest BCUT2D eigenvalue weighted by Crippen LogP contribution is 2.14. The maximum absolute atomic E-state index is 11.8. The number of hydrogen-bond acceptors (Lipinski definition) is 2. The molecule has 3 heteroatoms. The molecule has 0 aliphatic carbocycles. The average molecular weight is 236 g/mol. The van der Waals surface area contributed by atoms with Crippen molar-refractivity contribution in [1.82, 2.24) is 0 Å². The summed E-state index contributed by atoms with van der Waals surface area (Å²) >= 11 is 0. The highest BCUT2D eigenvalue weighted by Gasteiger charge is 2.09. The van der Waals surface area contributed by atoms with Gasteiger partial charge >= 0.3 is 5.97 Å². The number of nitrogens with zero attached hydrogens (tertiary/aromatic N) is 1. The van der Waals surface area contributed by atoms with Crippen LogP contribution in [-0.2, 0) is 4.74 Å². The molecule has 2 rings (SSSR count). The lowest BCUT2D eigenvalue weighted by atomic mass is 10.2. The summed E-state index contributed by atoms with van der Waals surface area (Å²) in [7, 11) is 0. The molecule has 0 fully saturated rings. The number of ether oxygens (including phenoxy) is 1. The standard InChI is InChI=1S/C15H10NO2/c16-11-14(12-7-3-1-4-8-12)18-15(17)13-9-5-2-6-10-13/h1-10H/q-1. The smallest absolute Gasteiger partial charge is 0.344 e. The van der Waals surface area contributed by atoms with Gasteiger partial charge in [-0.2, -0.15) is 0 Å². The van der Waals surface area contributed by atoms with Gasteiger partial charge in [-0.25, -0.2) is 10.7 Å². The first-order valence-electron chi connectivity index (χ1n) is 5.41. The first-order chi connectivity index (χ1) is 8.81. The van der Waals surface area contributed by atoms with Crippen LogP contribution in [0.15, 0.2) is 60.7 Å². The zero-order valence-corrected chi connectivity index (χ0v) is 9.54. The predicted octanol–water partition coefficient (Wildman–Crippen LogP) is 3.12. The first-order valence-corrected chi connectivity index (χ1v) is 5.41. The van der Waals surface area contributed by atoms with E-state index in [9.17, 15) is 4.79 Å². The first kappa shape index (κ1) is 11.8. The van der Waals surface area contributed by atoms with E-state index in [1.54, 1.807) is 48.5 Å². The lowest BCUT2D eigenvalue weighted by Crippen LogP contribution is -2.04. The molecule has 0 unspecified atom stereocenters. The van der Waals surface area contributed by atoms with E-state index >= 15 is 0 Å². The maximum Gasteiger partial charge on any atom is 0.344 e. The molecule has 0 aliphatic heterocycles. The Kier molecular flexibility index (Phi) is 3.69. The third-order valence-corrected chi connectivity index (χ3v) is 2.34. The van der Waals surface area contributed by atoms with Crippen LogP contribution in [0.1, 0.15) is 15.9 Å². The van der Waals surface area contributed by atoms with Crippen molar-refractivity contribution in [2.45, 2.75) is 0 Å². The quantitative estimate of drug-likeness (QED) is 0.467. The summed E-state index contributed by atoms with van der Waals surface area (Å²) in [5.74, 6) is 1.37. The molecule has 0 N–H and O–H groups in total. The largest absolute Gasteiger partial charge is 0.760 e. The minimum absolute atomic E-state index is 0.00412. The Hall–Kier alpha value is -2.64. The summed E-state index contributed by atoms with van der Waals surface area (Å²) in [6.07, 6.45) is 0. The van der Waals surface area contributed by atoms with Crippen LogP contribution in [0.25, 0.3) is 11.2 Å². The van der Waals surface area contributed by atoms with Gasteiger partial charge in [-0.15, -0.1) is 0 Å². The number of benzene rings is 2. The number of esters is 1. The summed E-state index contributed by atoms with van der Waals surface area (Å²) in [6, 6.07) is 17.4. The summed E-state index contributed by atoms with van der Waals surface area (Å²) in [5, 5.41) is 9.01. The zero-order chi connectivity index (χ0) is 12.8. The second-order valence-corrected chi connectivity index (χ2v) is 3.56. The van der Waals surface area contributed by atoms with Gasteiger partial charge in [-0.05, 0) is 12.1 Å². The highest BCUT2D eigenvalue weighted by atomic mass is 16.5. The summed E-state index contributed by atoms with van der Waals surface area (Å²) in [5.41, 5.74) is 1.01. The summed E-state index contributed by atoms with van der Waals surface area (Å²) in [4.78, 5) is 11.8. The van der Waals surface area contributed by atoms with Crippen LogP contribution in [0.2, 0.25) is 0 Å². The molecular weight excluding hydrogens is 226 g/mol. The van der Waals surface area contributed by atoms with E-state index in [-0.39, 0.29) is 5.76 Å². The fraction of sp³-hybridized carbons (Fsp3) is 0. The van der Waals surface area contributed by atoms with Crippen molar-refractivity contribution >= 4 is 17.6 Å². The number of rotatable bonds is 3. The van der Waals surface area contributed by atoms with Crippen LogP contribution in [0, 0.1) is 0 Å². The van der Waals surface area contributed by atoms with Crippen molar-refractivity contribution in [1.29, 1.82) is 0 Å². The van der Waals surface area contributed by atoms with Gasteiger partial charge in [0.2, 0.25) is 0 Å². The zero-order valence-electron chi connectivity index (χ0n) is 9.54. The Morgan fingerprint density at radius 1 is 0.889 bits per heavy atom. The van der Waals surface area contributed by atoms with E-state index in [4.69, 9.17) is 10.1 Å². The molecule has 0 aromatic heterocycles. The minimum Gasteiger partial charge on any atom is -0.760 e. The Bertz CT molecular complexity index is 584. The third-order valence-electron chi connectivity index (χ3n) is 2.34. The monoisotopic (exact) mass is 236 g/mol. The van der Waals surface area contributed by atoms with Gasteiger partial charge in [0.25, 0.3) is 0 Å². The van der Waals surface area contributed by atoms with E-state index in [0.717, 1.165) is 0 Å². The van der Waals surface area contributed by atoms with Gasteiger partial charge < -0.3 is 10.1 Å². The third kappa shape index (κ3) is 2.73. The number of carbonyl (C=O) groups excluding carboxylic acids is 1. The lowest BCUT2D eigenvalue weighted by Gasteiger charge is -2.08. The van der Waals surface area contributed by atoms with E-state index in [2.05, 4.69) is 0 Å². The second-order valence-electron chi connectivity index (χ2n) is 3.56. The van der Waals surface area contributed by atoms with E-state index < -0.39 is 5.97 Å². The molecule has 0 spiro atoms. The van der Waals surface area contributed by atoms with E-state index in [1.165, 1.54) is 0 Å². The van der Waals surface area contributed by atoms with Crippen LogP contribution < -0.4 is 0 Å². The highest BCUT2D eigenvalue weighted by molar-refractivity contribution is 5.98. The molecule has 0 saturated carbocycles. The molecule has 2 aromatic carbocycles. The molecule has 0 bridgehead atoms. The normalized spacial score (nSPS) is 9.33. The second kappa shape index (κ2) is 5.62. The molecule has 88 valence electrons. The van der Waals surface area contributed by atoms with Crippen molar-refractivity contribution < 1.29 is 9.53 Å². The molecule has 0 heterocycles. The van der Waals surface area contributed by atoms with Crippen molar-refractivity contribution in [3.05, 3.63) is 77.2 Å². The van der Waals surface area contributed by atoms with Crippen LogP contribution in [0.4, 0.5) is 0 Å². The van der Waals surface area contributed by atoms with E-state index in [0.29, 0.717) is 11.1 Å². The molecule has 2 aromatic rings. The molecule has 0 amide bonds. The maximum atomic E-state index is 11.8. The SMILES string of the molecule is [N-]=C=C(OC(=O)c1ccccc1)c1ccccc1. The van der Waals surface area contributed by atoms with Gasteiger partial charge in [-0.1, -0.05) is 48.5 Å². The fourth-order valence-corrected chi connectivity index (χ4v) is 1.46. The van der Waals surface area contributed by atoms with Crippen LogP contribution >= 0.6 is 0 Å². The molecule has 0 atom stereocenters. The minimum atomic E-state index is -0.531. The molecule has 0 saturated heterocycles. The van der Waals surface area contributed by atoms with Crippen LogP contribution in [0.5, 0.6) is 0 Å². The summed E-state index contributed by atoms with van der Waals surface area (Å²) < 4.78 is 5.09. The van der Waals surface area contributed by atoms with Crippen molar-refractivity contribution in [3.63, 3.8) is 0 Å². The Morgan fingerprint density at radius 2 is 1.39 bits per heavy atom. The van der Waals surface area contributed by atoms with Crippen LogP contribution in [0.3, 0.4) is 0 Å². The topological polar surface area (TPSA) is 48.6 Å². The van der Waals surface area contributed by atoms with Crippen molar-refractivity contribution in [2.24, 2.45) is 0 Å². The molecule has 18 heavy (non-hydrogen) atoms.